The third-order valence-electron chi connectivity index (χ3n) is 12.7. The molecule has 2 rings (SSSR count). The first-order valence-electron chi connectivity index (χ1n) is 21.6. The Morgan fingerprint density at radius 3 is 1.77 bits per heavy atom. The van der Waals surface area contributed by atoms with Crippen LogP contribution in [0.25, 0.3) is 0 Å². The summed E-state index contributed by atoms with van der Waals surface area (Å²) in [6.07, 6.45) is -0.347. The molecule has 9 nitrogen and oxygen atoms in total. The van der Waals surface area contributed by atoms with Crippen LogP contribution >= 0.6 is 0 Å². The van der Waals surface area contributed by atoms with Crippen molar-refractivity contribution in [2.75, 3.05) is 7.11 Å². The minimum Gasteiger partial charge on any atom is -0.497 e. The van der Waals surface area contributed by atoms with Gasteiger partial charge in [-0.25, -0.2) is 0 Å². The van der Waals surface area contributed by atoms with Crippen molar-refractivity contribution in [2.45, 2.75) is 172 Å². The van der Waals surface area contributed by atoms with Crippen molar-refractivity contribution < 1.29 is 37.4 Å². The molecule has 0 fully saturated rings. The average Bonchev–Trinajstić information content (AvgIpc) is 3.21. The standard InChI is InChI=1S/C47H76O9Si/c1-17-29(8)44(56-57(19-3,20-4)21-5)32(11)42(50)31(10)43(51)34(13)47(55-40(48)26-28(6)7)36(15)45(53-27-37-22-24-38(52-16)25-23-37)35(14)46-33(12)41(49)30(9)39(18-2)54-46/h22-25,28-29,31-32,34-36,44-45,47H,17-21,26-27H2,1-16H3/t29-,31+,32-,34-,35-,36-,44-,45+,47-/m0/s1. The third-order valence-corrected chi connectivity index (χ3v) is 17.3. The van der Waals surface area contributed by atoms with Crippen molar-refractivity contribution in [3.8, 4) is 5.75 Å². The van der Waals surface area contributed by atoms with Crippen LogP contribution in [-0.4, -0.2) is 51.3 Å². The molecule has 0 saturated carbocycles. The van der Waals surface area contributed by atoms with Crippen molar-refractivity contribution >= 4 is 25.9 Å². The van der Waals surface area contributed by atoms with E-state index in [2.05, 4.69) is 34.6 Å². The average molecular weight is 813 g/mol. The van der Waals surface area contributed by atoms with Crippen molar-refractivity contribution in [2.24, 2.45) is 35.5 Å². The van der Waals surface area contributed by atoms with Gasteiger partial charge in [0.05, 0.1) is 37.8 Å². The minimum absolute atomic E-state index is 0.0290. The summed E-state index contributed by atoms with van der Waals surface area (Å²) in [5, 5.41) is 0. The Hall–Kier alpha value is -3.08. The van der Waals surface area contributed by atoms with Crippen LogP contribution in [0.5, 0.6) is 5.75 Å². The molecular weight excluding hydrogens is 737 g/mol. The summed E-state index contributed by atoms with van der Waals surface area (Å²) in [6.45, 7) is 29.6. The Morgan fingerprint density at radius 2 is 1.30 bits per heavy atom. The quantitative estimate of drug-likeness (QED) is 0.0548. The number of carbonyl (C=O) groups is 3. The Bertz CT molecular complexity index is 1630. The van der Waals surface area contributed by atoms with Crippen LogP contribution in [0.1, 0.15) is 137 Å². The first-order chi connectivity index (χ1) is 26.8. The second-order valence-electron chi connectivity index (χ2n) is 17.0. The lowest BCUT2D eigenvalue weighted by Gasteiger charge is -2.39. The lowest BCUT2D eigenvalue weighted by Crippen LogP contribution is -2.49. The fourth-order valence-corrected chi connectivity index (χ4v) is 11.3. The first-order valence-corrected chi connectivity index (χ1v) is 24.1. The maximum absolute atomic E-state index is 14.6. The number of methoxy groups -OCH3 is 1. The second kappa shape index (κ2) is 22.9. The molecule has 57 heavy (non-hydrogen) atoms. The minimum atomic E-state index is -2.06. The smallest absolute Gasteiger partial charge is 0.306 e. The number of aryl methyl sites for hydroxylation is 1. The van der Waals surface area contributed by atoms with Gasteiger partial charge in [-0.05, 0) is 68.4 Å². The van der Waals surface area contributed by atoms with Gasteiger partial charge in [-0.3, -0.25) is 19.2 Å². The van der Waals surface area contributed by atoms with Crippen LogP contribution in [0, 0.1) is 49.4 Å². The molecule has 0 radical (unpaired) electrons. The normalized spacial score (nSPS) is 16.9. The molecule has 1 aromatic carbocycles. The van der Waals surface area contributed by atoms with Crippen LogP contribution in [0.4, 0.5) is 0 Å². The molecule has 1 heterocycles. The molecule has 10 heteroatoms. The maximum Gasteiger partial charge on any atom is 0.306 e. The Kier molecular flexibility index (Phi) is 20.1. The predicted molar refractivity (Wildman–Crippen MR) is 231 cm³/mol. The van der Waals surface area contributed by atoms with Gasteiger partial charge in [0.2, 0.25) is 0 Å². The molecule has 0 N–H and O–H groups in total. The van der Waals surface area contributed by atoms with E-state index in [1.807, 2.05) is 65.8 Å². The summed E-state index contributed by atoms with van der Waals surface area (Å²) in [7, 11) is -0.453. The summed E-state index contributed by atoms with van der Waals surface area (Å²) >= 11 is 0. The lowest BCUT2D eigenvalue weighted by atomic mass is 9.76. The van der Waals surface area contributed by atoms with Gasteiger partial charge in [-0.1, -0.05) is 102 Å². The number of rotatable bonds is 25. The number of ketones is 2. The molecule has 0 aliphatic rings. The van der Waals surface area contributed by atoms with E-state index in [0.29, 0.717) is 34.8 Å². The zero-order chi connectivity index (χ0) is 43.4. The summed E-state index contributed by atoms with van der Waals surface area (Å²) in [4.78, 5) is 56.0. The molecular formula is C47H76O9Si. The number of Topliss-reactive ketones (excluding diaryl/α,β-unsaturated/α-hetero) is 2. The van der Waals surface area contributed by atoms with Crippen LogP contribution in [0.3, 0.4) is 0 Å². The maximum atomic E-state index is 14.6. The summed E-state index contributed by atoms with van der Waals surface area (Å²) in [5.41, 5.74) is 1.88. The number of hydrogen-bond donors (Lipinski definition) is 0. The van der Waals surface area contributed by atoms with Gasteiger partial charge >= 0.3 is 5.97 Å². The monoisotopic (exact) mass is 813 g/mol. The lowest BCUT2D eigenvalue weighted by molar-refractivity contribution is -0.164. The number of esters is 1. The molecule has 0 aliphatic heterocycles. The first kappa shape index (κ1) is 50.1. The summed E-state index contributed by atoms with van der Waals surface area (Å²) < 4.78 is 31.8. The van der Waals surface area contributed by atoms with E-state index in [-0.39, 0.29) is 48.0 Å². The Morgan fingerprint density at radius 1 is 0.754 bits per heavy atom. The second-order valence-corrected chi connectivity index (χ2v) is 21.7. The molecule has 2 aromatic rings. The Labute approximate surface area is 345 Å². The highest BCUT2D eigenvalue weighted by Crippen LogP contribution is 2.37. The van der Waals surface area contributed by atoms with Crippen LogP contribution in [0.15, 0.2) is 33.5 Å². The van der Waals surface area contributed by atoms with Gasteiger partial charge in [-0.2, -0.15) is 0 Å². The molecule has 0 aliphatic carbocycles. The molecule has 9 atom stereocenters. The van der Waals surface area contributed by atoms with Crippen molar-refractivity contribution in [1.82, 2.24) is 0 Å². The fourth-order valence-electron chi connectivity index (χ4n) is 8.26. The zero-order valence-corrected chi connectivity index (χ0v) is 39.2. The third kappa shape index (κ3) is 12.7. The largest absolute Gasteiger partial charge is 0.497 e. The number of carbonyl (C=O) groups excluding carboxylic acids is 3. The van der Waals surface area contributed by atoms with Crippen LogP contribution < -0.4 is 10.2 Å². The fraction of sp³-hybridized carbons (Fsp3) is 0.702. The van der Waals surface area contributed by atoms with E-state index >= 15 is 0 Å². The van der Waals surface area contributed by atoms with E-state index in [9.17, 15) is 19.2 Å². The summed E-state index contributed by atoms with van der Waals surface area (Å²) in [6, 6.07) is 10.5. The molecule has 0 bridgehead atoms. The van der Waals surface area contributed by atoms with Gasteiger partial charge in [0, 0.05) is 41.7 Å². The SMILES string of the molecule is CCc1oc([C@@H](C)[C@@H](OCc2ccc(OC)cc2)[C@H](C)[C@@H](OC(=O)CC(C)C)[C@@H](C)C(=O)[C@H](C)C(=O)[C@H](C)[C@@H](O[Si](CC)(CC)CC)[C@@H](C)CC)c(C)c(=O)c1C. The van der Waals surface area contributed by atoms with Gasteiger partial charge in [-0.15, -0.1) is 0 Å². The molecule has 0 amide bonds. The van der Waals surface area contributed by atoms with E-state index in [1.165, 1.54) is 0 Å². The van der Waals surface area contributed by atoms with Crippen molar-refractivity contribution in [1.29, 1.82) is 0 Å². The molecule has 322 valence electrons. The van der Waals surface area contributed by atoms with Crippen molar-refractivity contribution in [3.63, 3.8) is 0 Å². The zero-order valence-electron chi connectivity index (χ0n) is 38.2. The number of hydrogen-bond acceptors (Lipinski definition) is 9. The Balaban J connectivity index is 2.66. The van der Waals surface area contributed by atoms with Crippen LogP contribution in [0.2, 0.25) is 18.1 Å². The molecule has 0 saturated heterocycles. The van der Waals surface area contributed by atoms with Gasteiger partial charge in [0.25, 0.3) is 0 Å². The number of benzene rings is 1. The van der Waals surface area contributed by atoms with E-state index in [1.54, 1.807) is 34.8 Å². The van der Waals surface area contributed by atoms with Gasteiger partial charge in [0.15, 0.2) is 13.7 Å². The highest BCUT2D eigenvalue weighted by molar-refractivity contribution is 6.73. The van der Waals surface area contributed by atoms with Crippen LogP contribution in [-0.2, 0) is 41.3 Å². The van der Waals surface area contributed by atoms with E-state index in [0.717, 1.165) is 30.1 Å². The molecule has 0 spiro atoms. The molecule has 0 unspecified atom stereocenters. The highest BCUT2D eigenvalue weighted by atomic mass is 28.4. The topological polar surface area (TPSA) is 118 Å². The number of ether oxygens (including phenoxy) is 3. The highest BCUT2D eigenvalue weighted by Gasteiger charge is 2.45. The summed E-state index contributed by atoms with van der Waals surface area (Å²) in [5.74, 6) is -2.23. The van der Waals surface area contributed by atoms with Gasteiger partial charge in [0.1, 0.15) is 34.9 Å². The van der Waals surface area contributed by atoms with E-state index < -0.39 is 56.1 Å². The van der Waals surface area contributed by atoms with Gasteiger partial charge < -0.3 is 23.1 Å². The van der Waals surface area contributed by atoms with Crippen molar-refractivity contribution in [3.05, 3.63) is 62.7 Å². The van der Waals surface area contributed by atoms with E-state index in [4.69, 9.17) is 23.1 Å². The predicted octanol–water partition coefficient (Wildman–Crippen LogP) is 10.6. The molecule has 1 aromatic heterocycles.